The van der Waals surface area contributed by atoms with Crippen LogP contribution in [-0.4, -0.2) is 33.9 Å². The molecular weight excluding hydrogens is 356 g/mol. The summed E-state index contributed by atoms with van der Waals surface area (Å²) in [7, 11) is 0. The van der Waals surface area contributed by atoms with E-state index in [1.54, 1.807) is 0 Å². The number of aromatic nitrogens is 2. The van der Waals surface area contributed by atoms with Gasteiger partial charge in [-0.2, -0.15) is 0 Å². The number of anilines is 3. The minimum absolute atomic E-state index is 0.0775. The molecule has 1 aliphatic rings. The first kappa shape index (κ1) is 19.3. The number of nitrogens with two attached hydrogens (primary N) is 1. The average Bonchev–Trinajstić information content (AvgIpc) is 3.10. The van der Waals surface area contributed by atoms with E-state index in [1.807, 2.05) is 31.2 Å². The van der Waals surface area contributed by atoms with Crippen molar-refractivity contribution >= 4 is 29.1 Å². The van der Waals surface area contributed by atoms with E-state index in [4.69, 9.17) is 5.73 Å². The van der Waals surface area contributed by atoms with Gasteiger partial charge in [0.25, 0.3) is 5.91 Å². The number of nitrogens with one attached hydrogen (secondary N) is 3. The zero-order chi connectivity index (χ0) is 20.1. The summed E-state index contributed by atoms with van der Waals surface area (Å²) in [4.78, 5) is 31.8. The second kappa shape index (κ2) is 8.51. The maximum atomic E-state index is 11.7. The number of carbonyl (C=O) groups excluding carboxylic acids is 2. The van der Waals surface area contributed by atoms with E-state index in [0.717, 1.165) is 30.5 Å². The molecule has 5 N–H and O–H groups in total. The van der Waals surface area contributed by atoms with Crippen LogP contribution in [-0.2, 0) is 4.79 Å². The Hall–Kier alpha value is -3.42. The highest BCUT2D eigenvalue weighted by molar-refractivity contribution is 5.96. The maximum absolute atomic E-state index is 11.7. The number of aryl methyl sites for hydroxylation is 1. The van der Waals surface area contributed by atoms with Crippen LogP contribution in [0.25, 0.3) is 0 Å². The number of nitrogens with zero attached hydrogens (tertiary/aromatic N) is 2. The van der Waals surface area contributed by atoms with Gasteiger partial charge in [-0.3, -0.25) is 9.59 Å². The van der Waals surface area contributed by atoms with Gasteiger partial charge in [0.2, 0.25) is 5.91 Å². The molecule has 146 valence electrons. The fraction of sp³-hybridized carbons (Fsp3) is 0.300. The molecule has 1 unspecified atom stereocenters. The molecule has 8 heteroatoms. The van der Waals surface area contributed by atoms with Crippen molar-refractivity contribution in [2.75, 3.05) is 10.6 Å². The summed E-state index contributed by atoms with van der Waals surface area (Å²) in [5.41, 5.74) is 7.42. The number of primary amides is 1. The molecule has 8 nitrogen and oxygen atoms in total. The fourth-order valence-corrected chi connectivity index (χ4v) is 3.21. The van der Waals surface area contributed by atoms with E-state index in [2.05, 4.69) is 32.5 Å². The van der Waals surface area contributed by atoms with Crippen LogP contribution in [0.2, 0.25) is 0 Å². The monoisotopic (exact) mass is 380 g/mol. The quantitative estimate of drug-likeness (QED) is 0.547. The van der Waals surface area contributed by atoms with E-state index in [0.29, 0.717) is 11.6 Å². The van der Waals surface area contributed by atoms with Gasteiger partial charge >= 0.3 is 0 Å². The van der Waals surface area contributed by atoms with Crippen LogP contribution in [0.3, 0.4) is 0 Å². The average molecular weight is 380 g/mol. The first-order valence-electron chi connectivity index (χ1n) is 9.14. The summed E-state index contributed by atoms with van der Waals surface area (Å²) in [6.45, 7) is 5.47. The molecule has 0 saturated heterocycles. The predicted molar refractivity (Wildman–Crippen MR) is 108 cm³/mol. The Balaban J connectivity index is 1.72. The third kappa shape index (κ3) is 4.85. The number of hydrogen-bond donors (Lipinski definition) is 4. The Morgan fingerprint density at radius 2 is 1.93 bits per heavy atom. The molecule has 1 aliphatic carbocycles. The summed E-state index contributed by atoms with van der Waals surface area (Å²) in [6.07, 6.45) is 5.31. The van der Waals surface area contributed by atoms with Gasteiger partial charge < -0.3 is 21.7 Å². The number of carbonyl (C=O) groups is 2. The van der Waals surface area contributed by atoms with Gasteiger partial charge in [0.05, 0.1) is 6.20 Å². The Morgan fingerprint density at radius 3 is 2.61 bits per heavy atom. The molecule has 1 aromatic heterocycles. The van der Waals surface area contributed by atoms with Crippen LogP contribution in [0.1, 0.15) is 35.3 Å². The van der Waals surface area contributed by atoms with E-state index in [-0.39, 0.29) is 23.7 Å². The molecule has 1 aromatic carbocycles. The minimum Gasteiger partial charge on any atom is -0.366 e. The molecule has 1 saturated carbocycles. The van der Waals surface area contributed by atoms with Crippen LogP contribution >= 0.6 is 0 Å². The molecule has 0 bridgehead atoms. The molecular formula is C20H24N6O2. The lowest BCUT2D eigenvalue weighted by molar-refractivity contribution is -0.117. The third-order valence-electron chi connectivity index (χ3n) is 4.64. The second-order valence-corrected chi connectivity index (χ2v) is 6.87. The van der Waals surface area contributed by atoms with Crippen molar-refractivity contribution in [1.82, 2.24) is 15.3 Å². The van der Waals surface area contributed by atoms with Gasteiger partial charge in [-0.25, -0.2) is 9.97 Å². The highest BCUT2D eigenvalue weighted by atomic mass is 16.2. The van der Waals surface area contributed by atoms with Crippen LogP contribution in [0.15, 0.2) is 43.1 Å². The highest BCUT2D eigenvalue weighted by Gasteiger charge is 2.26. The number of rotatable bonds is 7. The standard InChI is InChI=1S/C20H24N6O2/c1-3-17(27)24-15-9-8-14(10-15)23-16-11-22-18(19(21)28)20(26-16)25-13-6-4-12(2)5-7-13/h3-7,11,14-15H,1,8-10H2,2H3,(H2,21,28)(H,24,27)(H2,23,25,26)/t14-,15?/m1/s1. The van der Waals surface area contributed by atoms with Gasteiger partial charge in [-0.15, -0.1) is 0 Å². The van der Waals surface area contributed by atoms with Gasteiger partial charge in [0, 0.05) is 17.8 Å². The minimum atomic E-state index is -0.651. The van der Waals surface area contributed by atoms with Gasteiger partial charge in [-0.1, -0.05) is 24.3 Å². The van der Waals surface area contributed by atoms with Crippen LogP contribution < -0.4 is 21.7 Å². The molecule has 2 aromatic rings. The van der Waals surface area contributed by atoms with Crippen LogP contribution in [0.5, 0.6) is 0 Å². The molecule has 28 heavy (non-hydrogen) atoms. The van der Waals surface area contributed by atoms with Gasteiger partial charge in [-0.05, 0) is 44.4 Å². The van der Waals surface area contributed by atoms with E-state index < -0.39 is 5.91 Å². The molecule has 1 heterocycles. The van der Waals surface area contributed by atoms with Crippen molar-refractivity contribution in [3.05, 3.63) is 54.4 Å². The topological polar surface area (TPSA) is 122 Å². The maximum Gasteiger partial charge on any atom is 0.271 e. The Kier molecular flexibility index (Phi) is 5.88. The normalized spacial score (nSPS) is 18.3. The summed E-state index contributed by atoms with van der Waals surface area (Å²) < 4.78 is 0. The zero-order valence-electron chi connectivity index (χ0n) is 15.7. The summed E-state index contributed by atoms with van der Waals surface area (Å²) in [6, 6.07) is 7.95. The van der Waals surface area contributed by atoms with Crippen molar-refractivity contribution in [3.63, 3.8) is 0 Å². The van der Waals surface area contributed by atoms with E-state index in [9.17, 15) is 9.59 Å². The van der Waals surface area contributed by atoms with Crippen LogP contribution in [0.4, 0.5) is 17.3 Å². The molecule has 2 amide bonds. The molecule has 2 atom stereocenters. The lowest BCUT2D eigenvalue weighted by atomic mass is 10.2. The number of hydrogen-bond acceptors (Lipinski definition) is 6. The Labute approximate surface area is 163 Å². The molecule has 0 radical (unpaired) electrons. The molecule has 3 rings (SSSR count). The van der Waals surface area contributed by atoms with E-state index in [1.165, 1.54) is 12.3 Å². The highest BCUT2D eigenvalue weighted by Crippen LogP contribution is 2.24. The number of benzene rings is 1. The Bertz CT molecular complexity index is 881. The lowest BCUT2D eigenvalue weighted by Crippen LogP contribution is -2.32. The Morgan fingerprint density at radius 1 is 1.21 bits per heavy atom. The first-order chi connectivity index (χ1) is 13.4. The van der Waals surface area contributed by atoms with Crippen molar-refractivity contribution in [1.29, 1.82) is 0 Å². The predicted octanol–water partition coefficient (Wildman–Crippen LogP) is 2.26. The van der Waals surface area contributed by atoms with Gasteiger partial charge in [0.15, 0.2) is 11.5 Å². The molecule has 0 spiro atoms. The SMILES string of the molecule is C=CC(=O)NC1CC[C@@H](Nc2cnc(C(N)=O)c(Nc3ccc(C)cc3)n2)C1. The van der Waals surface area contributed by atoms with Crippen molar-refractivity contribution in [3.8, 4) is 0 Å². The third-order valence-corrected chi connectivity index (χ3v) is 4.64. The second-order valence-electron chi connectivity index (χ2n) is 6.87. The first-order valence-corrected chi connectivity index (χ1v) is 9.14. The largest absolute Gasteiger partial charge is 0.366 e. The van der Waals surface area contributed by atoms with Crippen LogP contribution in [0, 0.1) is 6.92 Å². The summed E-state index contributed by atoms with van der Waals surface area (Å²) in [5.74, 6) is 0.0266. The summed E-state index contributed by atoms with van der Waals surface area (Å²) >= 11 is 0. The zero-order valence-corrected chi connectivity index (χ0v) is 15.7. The summed E-state index contributed by atoms with van der Waals surface area (Å²) in [5, 5.41) is 9.34. The fourth-order valence-electron chi connectivity index (χ4n) is 3.21. The smallest absolute Gasteiger partial charge is 0.271 e. The lowest BCUT2D eigenvalue weighted by Gasteiger charge is -2.16. The molecule has 1 fully saturated rings. The van der Waals surface area contributed by atoms with Crippen molar-refractivity contribution in [2.24, 2.45) is 5.73 Å². The molecule has 0 aliphatic heterocycles. The van der Waals surface area contributed by atoms with Crippen molar-refractivity contribution < 1.29 is 9.59 Å². The van der Waals surface area contributed by atoms with Crippen molar-refractivity contribution in [2.45, 2.75) is 38.3 Å². The van der Waals surface area contributed by atoms with E-state index >= 15 is 0 Å². The number of amides is 2. The van der Waals surface area contributed by atoms with Gasteiger partial charge in [0.1, 0.15) is 5.82 Å².